The molecule has 0 heterocycles. The van der Waals surface area contributed by atoms with Gasteiger partial charge in [0.25, 0.3) is 0 Å². The fraction of sp³-hybridized carbons (Fsp3) is 0.500. The van der Waals surface area contributed by atoms with Crippen LogP contribution in [0, 0.1) is 5.92 Å². The van der Waals surface area contributed by atoms with Crippen LogP contribution in [-0.2, 0) is 11.3 Å². The lowest BCUT2D eigenvalue weighted by atomic mass is 9.85. The standard InChI is InChI=1S/C14H18Br2N2O/c15-12-6-1-9(7-13(12)16)8-18-11-4-2-10(3-5-11)14(17)19/h1,6-7,10-11,18H,2-5,8H2,(H2,17,19). The van der Waals surface area contributed by atoms with Crippen molar-refractivity contribution in [3.8, 4) is 0 Å². The lowest BCUT2D eigenvalue weighted by Crippen LogP contribution is -2.36. The Bertz CT molecular complexity index is 457. The SMILES string of the molecule is NC(=O)C1CCC(NCc2ccc(Br)c(Br)c2)CC1. The van der Waals surface area contributed by atoms with E-state index in [1.54, 1.807) is 0 Å². The Hall–Kier alpha value is -0.390. The first-order valence-electron chi connectivity index (χ1n) is 6.53. The van der Waals surface area contributed by atoms with Crippen molar-refractivity contribution < 1.29 is 4.79 Å². The summed E-state index contributed by atoms with van der Waals surface area (Å²) in [4.78, 5) is 11.1. The van der Waals surface area contributed by atoms with Crippen molar-refractivity contribution >= 4 is 37.8 Å². The molecule has 5 heteroatoms. The molecule has 0 saturated heterocycles. The number of nitrogens with one attached hydrogen (secondary N) is 1. The molecule has 0 radical (unpaired) electrons. The number of hydrogen-bond donors (Lipinski definition) is 2. The summed E-state index contributed by atoms with van der Waals surface area (Å²) in [7, 11) is 0. The van der Waals surface area contributed by atoms with Crippen LogP contribution in [0.5, 0.6) is 0 Å². The number of amides is 1. The number of nitrogens with two attached hydrogens (primary N) is 1. The van der Waals surface area contributed by atoms with E-state index in [2.05, 4.69) is 49.3 Å². The zero-order valence-electron chi connectivity index (χ0n) is 10.7. The van der Waals surface area contributed by atoms with E-state index in [9.17, 15) is 4.79 Å². The molecule has 1 fully saturated rings. The molecule has 0 atom stereocenters. The Morgan fingerprint density at radius 3 is 2.47 bits per heavy atom. The molecule has 1 aliphatic rings. The third-order valence-corrected chi connectivity index (χ3v) is 5.59. The van der Waals surface area contributed by atoms with Gasteiger partial charge < -0.3 is 11.1 Å². The number of primary amides is 1. The van der Waals surface area contributed by atoms with Gasteiger partial charge in [0.15, 0.2) is 0 Å². The number of halogens is 2. The maximum absolute atomic E-state index is 11.1. The minimum atomic E-state index is -0.143. The van der Waals surface area contributed by atoms with Crippen molar-refractivity contribution in [1.29, 1.82) is 0 Å². The monoisotopic (exact) mass is 388 g/mol. The molecule has 1 saturated carbocycles. The molecule has 3 N–H and O–H groups in total. The Balaban J connectivity index is 1.80. The van der Waals surface area contributed by atoms with Gasteiger partial charge in [0.2, 0.25) is 5.91 Å². The van der Waals surface area contributed by atoms with Gasteiger partial charge in [-0.2, -0.15) is 0 Å². The first kappa shape index (κ1) is 15.0. The number of hydrogen-bond acceptors (Lipinski definition) is 2. The smallest absolute Gasteiger partial charge is 0.220 e. The predicted octanol–water partition coefficient (Wildman–Crippen LogP) is 3.35. The van der Waals surface area contributed by atoms with Crippen molar-refractivity contribution in [1.82, 2.24) is 5.32 Å². The number of rotatable bonds is 4. The molecule has 0 aliphatic heterocycles. The quantitative estimate of drug-likeness (QED) is 0.829. The Kier molecular flexibility index (Phi) is 5.42. The highest BCUT2D eigenvalue weighted by Gasteiger charge is 2.24. The molecular weight excluding hydrogens is 372 g/mol. The van der Waals surface area contributed by atoms with Crippen molar-refractivity contribution in [3.63, 3.8) is 0 Å². The van der Waals surface area contributed by atoms with Crippen LogP contribution in [0.15, 0.2) is 27.1 Å². The van der Waals surface area contributed by atoms with Gasteiger partial charge in [-0.25, -0.2) is 0 Å². The van der Waals surface area contributed by atoms with E-state index in [1.807, 2.05) is 6.07 Å². The molecule has 1 aromatic rings. The topological polar surface area (TPSA) is 55.1 Å². The van der Waals surface area contributed by atoms with Gasteiger partial charge in [0.05, 0.1) is 0 Å². The molecule has 0 aromatic heterocycles. The highest BCUT2D eigenvalue weighted by molar-refractivity contribution is 9.13. The van der Waals surface area contributed by atoms with Crippen LogP contribution in [0.4, 0.5) is 0 Å². The van der Waals surface area contributed by atoms with Gasteiger partial charge in [-0.15, -0.1) is 0 Å². The molecular formula is C14H18Br2N2O. The molecule has 2 rings (SSSR count). The average molecular weight is 390 g/mol. The Labute approximate surface area is 130 Å². The largest absolute Gasteiger partial charge is 0.369 e. The van der Waals surface area contributed by atoms with Gasteiger partial charge >= 0.3 is 0 Å². The predicted molar refractivity (Wildman–Crippen MR) is 83.6 cm³/mol. The third kappa shape index (κ3) is 4.29. The van der Waals surface area contributed by atoms with Crippen LogP contribution in [0.2, 0.25) is 0 Å². The van der Waals surface area contributed by atoms with Gasteiger partial charge in [0, 0.05) is 27.4 Å². The van der Waals surface area contributed by atoms with E-state index >= 15 is 0 Å². The lowest BCUT2D eigenvalue weighted by molar-refractivity contribution is -0.122. The minimum Gasteiger partial charge on any atom is -0.369 e. The second kappa shape index (κ2) is 6.86. The van der Waals surface area contributed by atoms with Crippen molar-refractivity contribution in [2.45, 2.75) is 38.3 Å². The molecule has 1 amide bonds. The molecule has 0 unspecified atom stereocenters. The molecule has 1 aliphatic carbocycles. The molecule has 104 valence electrons. The summed E-state index contributed by atoms with van der Waals surface area (Å²) in [6, 6.07) is 6.77. The van der Waals surface area contributed by atoms with Crippen molar-refractivity contribution in [3.05, 3.63) is 32.7 Å². The summed E-state index contributed by atoms with van der Waals surface area (Å²) in [6.07, 6.45) is 3.89. The second-order valence-electron chi connectivity index (χ2n) is 5.08. The third-order valence-electron chi connectivity index (χ3n) is 3.71. The summed E-state index contributed by atoms with van der Waals surface area (Å²) >= 11 is 6.98. The summed E-state index contributed by atoms with van der Waals surface area (Å²) in [6.45, 7) is 0.859. The summed E-state index contributed by atoms with van der Waals surface area (Å²) in [5.41, 5.74) is 6.60. The molecule has 0 spiro atoms. The minimum absolute atomic E-state index is 0.0832. The fourth-order valence-electron chi connectivity index (χ4n) is 2.49. The number of benzene rings is 1. The van der Waals surface area contributed by atoms with Gasteiger partial charge in [-0.3, -0.25) is 4.79 Å². The molecule has 3 nitrogen and oxygen atoms in total. The van der Waals surface area contributed by atoms with E-state index in [0.717, 1.165) is 41.2 Å². The Morgan fingerprint density at radius 2 is 1.89 bits per heavy atom. The van der Waals surface area contributed by atoms with Crippen molar-refractivity contribution in [2.24, 2.45) is 11.7 Å². The lowest BCUT2D eigenvalue weighted by Gasteiger charge is -2.27. The van der Waals surface area contributed by atoms with E-state index in [4.69, 9.17) is 5.73 Å². The summed E-state index contributed by atoms with van der Waals surface area (Å²) in [5, 5.41) is 3.56. The van der Waals surface area contributed by atoms with E-state index in [1.165, 1.54) is 5.56 Å². The molecule has 0 bridgehead atoms. The van der Waals surface area contributed by atoms with Crippen LogP contribution in [0.3, 0.4) is 0 Å². The maximum Gasteiger partial charge on any atom is 0.220 e. The molecule has 1 aromatic carbocycles. The zero-order valence-corrected chi connectivity index (χ0v) is 13.8. The first-order valence-corrected chi connectivity index (χ1v) is 8.11. The van der Waals surface area contributed by atoms with Crippen LogP contribution in [-0.4, -0.2) is 11.9 Å². The van der Waals surface area contributed by atoms with Crippen LogP contribution < -0.4 is 11.1 Å². The summed E-state index contributed by atoms with van der Waals surface area (Å²) in [5.74, 6) is -0.0600. The van der Waals surface area contributed by atoms with Crippen LogP contribution >= 0.6 is 31.9 Å². The van der Waals surface area contributed by atoms with E-state index in [-0.39, 0.29) is 11.8 Å². The summed E-state index contributed by atoms with van der Waals surface area (Å²) < 4.78 is 2.14. The first-order chi connectivity index (χ1) is 9.06. The highest BCUT2D eigenvalue weighted by Crippen LogP contribution is 2.26. The van der Waals surface area contributed by atoms with Gasteiger partial charge in [-0.1, -0.05) is 6.07 Å². The normalized spacial score (nSPS) is 23.3. The Morgan fingerprint density at radius 1 is 1.21 bits per heavy atom. The maximum atomic E-state index is 11.1. The van der Waals surface area contributed by atoms with E-state index in [0.29, 0.717) is 6.04 Å². The molecule has 19 heavy (non-hydrogen) atoms. The van der Waals surface area contributed by atoms with Crippen LogP contribution in [0.25, 0.3) is 0 Å². The van der Waals surface area contributed by atoms with Gasteiger partial charge in [0.1, 0.15) is 0 Å². The van der Waals surface area contributed by atoms with E-state index < -0.39 is 0 Å². The van der Waals surface area contributed by atoms with Crippen LogP contribution in [0.1, 0.15) is 31.2 Å². The van der Waals surface area contributed by atoms with Crippen molar-refractivity contribution in [2.75, 3.05) is 0 Å². The number of carbonyl (C=O) groups excluding carboxylic acids is 1. The number of carbonyl (C=O) groups is 1. The van der Waals surface area contributed by atoms with Gasteiger partial charge in [-0.05, 0) is 75.2 Å². The second-order valence-corrected chi connectivity index (χ2v) is 6.79. The fourth-order valence-corrected chi connectivity index (χ4v) is 3.17. The zero-order chi connectivity index (χ0) is 13.8. The highest BCUT2D eigenvalue weighted by atomic mass is 79.9. The average Bonchev–Trinajstić information content (AvgIpc) is 2.40.